The van der Waals surface area contributed by atoms with Gasteiger partial charge in [-0.2, -0.15) is 0 Å². The van der Waals surface area contributed by atoms with Gasteiger partial charge in [-0.1, -0.05) is 6.07 Å². The summed E-state index contributed by atoms with van der Waals surface area (Å²) in [7, 11) is 1.60. The Morgan fingerprint density at radius 2 is 2.08 bits per heavy atom. The molecule has 6 nitrogen and oxygen atoms in total. The van der Waals surface area contributed by atoms with E-state index in [-0.39, 0.29) is 13.0 Å². The highest BCUT2D eigenvalue weighted by atomic mass is 16.6. The fourth-order valence-electron chi connectivity index (χ4n) is 2.45. The van der Waals surface area contributed by atoms with Gasteiger partial charge in [0.05, 0.1) is 24.8 Å². The molecule has 0 amide bonds. The Kier molecular flexibility index (Phi) is 6.21. The summed E-state index contributed by atoms with van der Waals surface area (Å²) in [6.45, 7) is 7.22. The van der Waals surface area contributed by atoms with Gasteiger partial charge in [0.15, 0.2) is 0 Å². The summed E-state index contributed by atoms with van der Waals surface area (Å²) in [5.74, 6) is 0.225. The summed E-state index contributed by atoms with van der Waals surface area (Å²) in [5.41, 5.74) is 2.37. The van der Waals surface area contributed by atoms with Crippen LogP contribution in [0.4, 0.5) is 0 Å². The maximum Gasteiger partial charge on any atom is 0.334 e. The van der Waals surface area contributed by atoms with Gasteiger partial charge in [0.25, 0.3) is 0 Å². The van der Waals surface area contributed by atoms with Gasteiger partial charge >= 0.3 is 5.97 Å². The van der Waals surface area contributed by atoms with E-state index in [1.165, 1.54) is 0 Å². The van der Waals surface area contributed by atoms with Crippen molar-refractivity contribution in [3.05, 3.63) is 47.6 Å². The number of carbonyl (C=O) groups is 1. The lowest BCUT2D eigenvalue weighted by Crippen LogP contribution is -2.25. The molecule has 0 fully saturated rings. The number of methoxy groups -OCH3 is 1. The molecule has 2 aromatic rings. The Morgan fingerprint density at radius 3 is 2.62 bits per heavy atom. The number of carbonyl (C=O) groups excluding carboxylic acids is 1. The number of rotatable bonds is 6. The zero-order chi connectivity index (χ0) is 19.3. The molecule has 26 heavy (non-hydrogen) atoms. The highest BCUT2D eigenvalue weighted by Gasteiger charge is 2.19. The molecule has 140 valence electrons. The number of esters is 1. The van der Waals surface area contributed by atoms with Gasteiger partial charge in [0.1, 0.15) is 11.4 Å². The number of aryl methyl sites for hydroxylation is 1. The van der Waals surface area contributed by atoms with Crippen molar-refractivity contribution in [1.29, 1.82) is 0 Å². The van der Waals surface area contributed by atoms with E-state index in [0.29, 0.717) is 11.3 Å². The Hall–Kier alpha value is -2.60. The SMILES string of the molecule is COc1cc(/C=C(/CCO)C(=O)OC(C)(C)C)ccc1-n1cnc(C)c1. The topological polar surface area (TPSA) is 73.6 Å². The minimum Gasteiger partial charge on any atom is -0.495 e. The van der Waals surface area contributed by atoms with Crippen molar-refractivity contribution < 1.29 is 19.4 Å². The van der Waals surface area contributed by atoms with Crippen LogP contribution in [0, 0.1) is 6.92 Å². The second-order valence-electron chi connectivity index (χ2n) is 7.00. The van der Waals surface area contributed by atoms with Crippen LogP contribution in [0.5, 0.6) is 5.75 Å². The molecule has 6 heteroatoms. The Bertz CT molecular complexity index is 800. The third kappa shape index (κ3) is 5.20. The lowest BCUT2D eigenvalue weighted by Gasteiger charge is -2.20. The van der Waals surface area contributed by atoms with E-state index < -0.39 is 11.6 Å². The van der Waals surface area contributed by atoms with Crippen molar-refractivity contribution in [1.82, 2.24) is 9.55 Å². The summed E-state index contributed by atoms with van der Waals surface area (Å²) in [5, 5.41) is 9.27. The van der Waals surface area contributed by atoms with Crippen LogP contribution < -0.4 is 4.74 Å². The molecule has 0 aliphatic carbocycles. The van der Waals surface area contributed by atoms with Crippen molar-refractivity contribution in [2.45, 2.75) is 39.7 Å². The fraction of sp³-hybridized carbons (Fsp3) is 0.400. The number of nitrogens with zero attached hydrogens (tertiary/aromatic N) is 2. The number of hydrogen-bond acceptors (Lipinski definition) is 5. The number of aliphatic hydroxyl groups is 1. The molecular weight excluding hydrogens is 332 g/mol. The summed E-state index contributed by atoms with van der Waals surface area (Å²) in [4.78, 5) is 16.6. The lowest BCUT2D eigenvalue weighted by molar-refractivity contribution is -0.150. The smallest absolute Gasteiger partial charge is 0.334 e. The minimum atomic E-state index is -0.591. The second kappa shape index (κ2) is 8.19. The van der Waals surface area contributed by atoms with Gasteiger partial charge in [-0.15, -0.1) is 0 Å². The normalized spacial score (nSPS) is 12.2. The van der Waals surface area contributed by atoms with Crippen LogP contribution in [0.2, 0.25) is 0 Å². The van der Waals surface area contributed by atoms with Crippen LogP contribution in [0.25, 0.3) is 11.8 Å². The first kappa shape index (κ1) is 19.7. The van der Waals surface area contributed by atoms with Crippen molar-refractivity contribution in [3.63, 3.8) is 0 Å². The highest BCUT2D eigenvalue weighted by Crippen LogP contribution is 2.26. The zero-order valence-electron chi connectivity index (χ0n) is 15.9. The van der Waals surface area contributed by atoms with Gasteiger partial charge in [-0.3, -0.25) is 0 Å². The molecule has 0 bridgehead atoms. The van der Waals surface area contributed by atoms with E-state index in [1.54, 1.807) is 19.5 Å². The van der Waals surface area contributed by atoms with Gasteiger partial charge in [0, 0.05) is 24.8 Å². The van der Waals surface area contributed by atoms with Crippen LogP contribution >= 0.6 is 0 Å². The van der Waals surface area contributed by atoms with Crippen LogP contribution in [-0.2, 0) is 9.53 Å². The molecule has 2 rings (SSSR count). The van der Waals surface area contributed by atoms with Gasteiger partial charge in [-0.05, 0) is 51.5 Å². The van der Waals surface area contributed by atoms with Crippen molar-refractivity contribution >= 4 is 12.0 Å². The van der Waals surface area contributed by atoms with E-state index >= 15 is 0 Å². The van der Waals surface area contributed by atoms with Gasteiger partial charge in [-0.25, -0.2) is 9.78 Å². The Balaban J connectivity index is 2.36. The first-order valence-corrected chi connectivity index (χ1v) is 8.47. The lowest BCUT2D eigenvalue weighted by atomic mass is 10.1. The average molecular weight is 358 g/mol. The first-order valence-electron chi connectivity index (χ1n) is 8.47. The van der Waals surface area contributed by atoms with Gasteiger partial charge < -0.3 is 19.1 Å². The highest BCUT2D eigenvalue weighted by molar-refractivity contribution is 5.94. The summed E-state index contributed by atoms with van der Waals surface area (Å²) in [6, 6.07) is 5.62. The number of ether oxygens (including phenoxy) is 2. The van der Waals surface area contributed by atoms with Crippen LogP contribution in [-0.4, -0.2) is 39.9 Å². The maximum atomic E-state index is 12.4. The predicted octanol–water partition coefficient (Wildman–Crippen LogP) is 3.30. The van der Waals surface area contributed by atoms with Crippen LogP contribution in [0.3, 0.4) is 0 Å². The Morgan fingerprint density at radius 1 is 1.35 bits per heavy atom. The maximum absolute atomic E-state index is 12.4. The van der Waals surface area contributed by atoms with Crippen molar-refractivity contribution in [2.24, 2.45) is 0 Å². The molecule has 1 N–H and O–H groups in total. The molecule has 0 saturated carbocycles. The van der Waals surface area contributed by atoms with Gasteiger partial charge in [0.2, 0.25) is 0 Å². The Labute approximate surface area is 154 Å². The molecule has 0 aliphatic rings. The minimum absolute atomic E-state index is 0.130. The monoisotopic (exact) mass is 358 g/mol. The number of aromatic nitrogens is 2. The van der Waals surface area contributed by atoms with E-state index in [9.17, 15) is 9.90 Å². The summed E-state index contributed by atoms with van der Waals surface area (Å²) in [6.07, 6.45) is 5.57. The number of benzene rings is 1. The standard InChI is InChI=1S/C20H26N2O4/c1-14-12-22(13-21-14)17-7-6-15(11-18(17)25-5)10-16(8-9-23)19(24)26-20(2,3)4/h6-7,10-13,23H,8-9H2,1-5H3/b16-10-. The predicted molar refractivity (Wildman–Crippen MR) is 100 cm³/mol. The quantitative estimate of drug-likeness (QED) is 0.633. The molecular formula is C20H26N2O4. The number of imidazole rings is 1. The fourth-order valence-corrected chi connectivity index (χ4v) is 2.45. The van der Waals surface area contributed by atoms with E-state index in [1.807, 2.05) is 56.7 Å². The summed E-state index contributed by atoms with van der Waals surface area (Å²) < 4.78 is 12.8. The molecule has 0 atom stereocenters. The van der Waals surface area contributed by atoms with Crippen molar-refractivity contribution in [2.75, 3.05) is 13.7 Å². The van der Waals surface area contributed by atoms with E-state index in [2.05, 4.69) is 4.98 Å². The van der Waals surface area contributed by atoms with Crippen LogP contribution in [0.1, 0.15) is 38.4 Å². The molecule has 1 heterocycles. The zero-order valence-corrected chi connectivity index (χ0v) is 15.9. The second-order valence-corrected chi connectivity index (χ2v) is 7.00. The molecule has 1 aromatic carbocycles. The third-order valence-electron chi connectivity index (χ3n) is 3.58. The number of hydrogen-bond donors (Lipinski definition) is 1. The largest absolute Gasteiger partial charge is 0.495 e. The van der Waals surface area contributed by atoms with Crippen molar-refractivity contribution in [3.8, 4) is 11.4 Å². The molecule has 0 aliphatic heterocycles. The molecule has 0 spiro atoms. The number of aliphatic hydroxyl groups excluding tert-OH is 1. The molecule has 0 unspecified atom stereocenters. The molecule has 1 aromatic heterocycles. The van der Waals surface area contributed by atoms with E-state index in [4.69, 9.17) is 9.47 Å². The third-order valence-corrected chi connectivity index (χ3v) is 3.58. The first-order chi connectivity index (χ1) is 12.2. The van der Waals surface area contributed by atoms with Crippen LogP contribution in [0.15, 0.2) is 36.3 Å². The summed E-state index contributed by atoms with van der Waals surface area (Å²) >= 11 is 0. The molecule has 0 radical (unpaired) electrons. The molecule has 0 saturated heterocycles. The average Bonchev–Trinajstić information content (AvgIpc) is 2.99. The van der Waals surface area contributed by atoms with E-state index in [0.717, 1.165) is 16.9 Å².